The summed E-state index contributed by atoms with van der Waals surface area (Å²) < 4.78 is 68.6. The molecule has 0 fully saturated rings. The Morgan fingerprint density at radius 1 is 0.344 bits per heavy atom. The molecular formula is C77H146O17P2. The van der Waals surface area contributed by atoms with Gasteiger partial charge in [-0.05, 0) is 63.2 Å². The molecule has 0 saturated heterocycles. The predicted octanol–water partition coefficient (Wildman–Crippen LogP) is 22.3. The minimum absolute atomic E-state index is 0.0849. The summed E-state index contributed by atoms with van der Waals surface area (Å²) in [5.41, 5.74) is 0. The molecule has 0 heterocycles. The van der Waals surface area contributed by atoms with Gasteiger partial charge in [0.25, 0.3) is 0 Å². The van der Waals surface area contributed by atoms with Gasteiger partial charge in [-0.15, -0.1) is 0 Å². The van der Waals surface area contributed by atoms with Crippen molar-refractivity contribution in [1.29, 1.82) is 0 Å². The van der Waals surface area contributed by atoms with Crippen molar-refractivity contribution in [3.63, 3.8) is 0 Å². The van der Waals surface area contributed by atoms with Crippen LogP contribution in [0.3, 0.4) is 0 Å². The summed E-state index contributed by atoms with van der Waals surface area (Å²) in [6, 6.07) is 0. The van der Waals surface area contributed by atoms with E-state index in [9.17, 15) is 43.2 Å². The molecule has 0 spiro atoms. The molecule has 0 saturated carbocycles. The van der Waals surface area contributed by atoms with E-state index in [1.807, 2.05) is 0 Å². The number of aliphatic hydroxyl groups is 1. The van der Waals surface area contributed by atoms with E-state index in [4.69, 9.17) is 37.0 Å². The van der Waals surface area contributed by atoms with Crippen molar-refractivity contribution < 1.29 is 80.2 Å². The first kappa shape index (κ1) is 93.5. The number of allylic oxidation sites excluding steroid dienone is 4. The predicted molar refractivity (Wildman–Crippen MR) is 391 cm³/mol. The van der Waals surface area contributed by atoms with Crippen LogP contribution >= 0.6 is 15.6 Å². The normalized spacial score (nSPS) is 14.4. The number of phosphoric acid groups is 2. The van der Waals surface area contributed by atoms with Crippen molar-refractivity contribution in [3.05, 3.63) is 24.3 Å². The van der Waals surface area contributed by atoms with Crippen LogP contribution in [-0.2, 0) is 65.4 Å². The average Bonchev–Trinajstić information content (AvgIpc) is 1.73. The van der Waals surface area contributed by atoms with E-state index < -0.39 is 97.5 Å². The molecule has 566 valence electrons. The van der Waals surface area contributed by atoms with Gasteiger partial charge in [-0.1, -0.05) is 323 Å². The Hall–Kier alpha value is -2.46. The Bertz CT molecular complexity index is 1950. The van der Waals surface area contributed by atoms with Crippen molar-refractivity contribution in [3.8, 4) is 0 Å². The van der Waals surface area contributed by atoms with Crippen LogP contribution in [0, 0.1) is 11.8 Å². The number of hydrogen-bond acceptors (Lipinski definition) is 15. The topological polar surface area (TPSA) is 237 Å². The molecule has 0 aliphatic rings. The van der Waals surface area contributed by atoms with E-state index in [-0.39, 0.29) is 25.7 Å². The Morgan fingerprint density at radius 3 is 0.938 bits per heavy atom. The lowest BCUT2D eigenvalue weighted by Crippen LogP contribution is -2.30. The highest BCUT2D eigenvalue weighted by atomic mass is 31.2. The molecule has 0 rings (SSSR count). The number of carbonyl (C=O) groups excluding carboxylic acids is 4. The summed E-state index contributed by atoms with van der Waals surface area (Å²) in [4.78, 5) is 72.9. The second-order valence-corrected chi connectivity index (χ2v) is 30.7. The van der Waals surface area contributed by atoms with Crippen LogP contribution < -0.4 is 0 Å². The van der Waals surface area contributed by atoms with E-state index in [0.29, 0.717) is 25.7 Å². The highest BCUT2D eigenvalue weighted by Crippen LogP contribution is 2.45. The minimum atomic E-state index is -4.97. The average molecular weight is 1410 g/mol. The molecule has 0 radical (unpaired) electrons. The van der Waals surface area contributed by atoms with Crippen molar-refractivity contribution in [2.75, 3.05) is 39.6 Å². The van der Waals surface area contributed by atoms with Crippen LogP contribution in [-0.4, -0.2) is 96.7 Å². The number of aliphatic hydroxyl groups excluding tert-OH is 1. The number of carbonyl (C=O) groups is 4. The molecule has 3 N–H and O–H groups in total. The van der Waals surface area contributed by atoms with E-state index >= 15 is 0 Å². The van der Waals surface area contributed by atoms with Gasteiger partial charge in [0.1, 0.15) is 19.3 Å². The quantitative estimate of drug-likeness (QED) is 0.0169. The molecule has 0 aliphatic carbocycles. The maximum absolute atomic E-state index is 13.1. The van der Waals surface area contributed by atoms with Crippen LogP contribution in [0.2, 0.25) is 0 Å². The van der Waals surface area contributed by atoms with Gasteiger partial charge < -0.3 is 33.8 Å². The van der Waals surface area contributed by atoms with Crippen LogP contribution in [0.25, 0.3) is 0 Å². The van der Waals surface area contributed by atoms with E-state index in [0.717, 1.165) is 115 Å². The van der Waals surface area contributed by atoms with Crippen molar-refractivity contribution >= 4 is 39.5 Å². The Balaban J connectivity index is 5.31. The third kappa shape index (κ3) is 68.7. The molecule has 19 heteroatoms. The fourth-order valence-electron chi connectivity index (χ4n) is 11.3. The van der Waals surface area contributed by atoms with Crippen molar-refractivity contribution in [2.24, 2.45) is 11.8 Å². The summed E-state index contributed by atoms with van der Waals surface area (Å²) in [6.45, 7) is 9.56. The third-order valence-electron chi connectivity index (χ3n) is 17.7. The number of phosphoric ester groups is 2. The first-order valence-electron chi connectivity index (χ1n) is 39.3. The van der Waals surface area contributed by atoms with E-state index in [2.05, 4.69) is 65.8 Å². The highest BCUT2D eigenvalue weighted by Gasteiger charge is 2.30. The van der Waals surface area contributed by atoms with Crippen molar-refractivity contribution in [2.45, 2.75) is 394 Å². The smallest absolute Gasteiger partial charge is 0.462 e. The second kappa shape index (κ2) is 68.3. The van der Waals surface area contributed by atoms with Gasteiger partial charge >= 0.3 is 39.5 Å². The molecule has 0 amide bonds. The molecule has 0 aromatic rings. The van der Waals surface area contributed by atoms with Crippen LogP contribution in [0.5, 0.6) is 0 Å². The number of esters is 4. The Morgan fingerprint density at radius 2 is 0.615 bits per heavy atom. The summed E-state index contributed by atoms with van der Waals surface area (Å²) in [7, 11) is -9.93. The Kier molecular flexibility index (Phi) is 66.6. The van der Waals surface area contributed by atoms with Gasteiger partial charge in [-0.2, -0.15) is 0 Å². The minimum Gasteiger partial charge on any atom is -0.462 e. The number of ether oxygens (including phenoxy) is 4. The maximum Gasteiger partial charge on any atom is 0.472 e. The Labute approximate surface area is 586 Å². The molecule has 0 aromatic carbocycles. The monoisotopic (exact) mass is 1410 g/mol. The van der Waals surface area contributed by atoms with Gasteiger partial charge in [0.05, 0.1) is 26.4 Å². The molecule has 17 nitrogen and oxygen atoms in total. The zero-order chi connectivity index (χ0) is 70.7. The molecule has 0 bridgehead atoms. The standard InChI is InChI=1S/C77H146O17P2/c1-7-10-12-14-16-18-20-22-24-26-28-38-44-50-56-62-77(82)94-73(66-88-75(80)60-54-48-42-36-32-30-34-40-46-52-58-70(6)9-3)68-92-96(85,86)90-64-71(78)63-89-95(83,84)91-67-72(65-87-74(79)59-53-47-41-35-31-29-33-39-45-51-57-69(4)5)93-76(81)61-55-49-43-37-27-25-23-21-19-17-15-13-11-8-2/h18,20,22,24,69-73,78H,7-17,19,21,23,25-68H2,1-6H3,(H,83,84)(H,85,86)/b20-18-,24-22-/t70?,71-,72+,73+/m0/s1. The SMILES string of the molecule is CCCCCC/C=C\C=C/CCCCCCCC(=O)O[C@H](COC(=O)CCCCCCCCCCCCC(C)CC)COP(=O)(O)OC[C@@H](O)COP(=O)(O)OC[C@@H](COC(=O)CCCCCCCCCCCCC(C)C)OC(=O)CCCCCCCCCCCCCCCC. The zero-order valence-electron chi connectivity index (χ0n) is 62.2. The number of unbranched alkanes of at least 4 members (excludes halogenated alkanes) is 40. The van der Waals surface area contributed by atoms with Gasteiger partial charge in [0.2, 0.25) is 0 Å². The van der Waals surface area contributed by atoms with Crippen LogP contribution in [0.4, 0.5) is 0 Å². The lowest BCUT2D eigenvalue weighted by atomic mass is 9.99. The van der Waals surface area contributed by atoms with Crippen LogP contribution in [0.15, 0.2) is 24.3 Å². The lowest BCUT2D eigenvalue weighted by Gasteiger charge is -2.21. The summed E-state index contributed by atoms with van der Waals surface area (Å²) >= 11 is 0. The van der Waals surface area contributed by atoms with Gasteiger partial charge in [-0.25, -0.2) is 9.13 Å². The molecular weight excluding hydrogens is 1260 g/mol. The maximum atomic E-state index is 13.1. The fraction of sp³-hybridized carbons (Fsp3) is 0.896. The van der Waals surface area contributed by atoms with Gasteiger partial charge in [0.15, 0.2) is 12.2 Å². The highest BCUT2D eigenvalue weighted by molar-refractivity contribution is 7.47. The largest absolute Gasteiger partial charge is 0.472 e. The molecule has 96 heavy (non-hydrogen) atoms. The number of rotatable bonds is 74. The van der Waals surface area contributed by atoms with Crippen LogP contribution in [0.1, 0.15) is 375 Å². The third-order valence-corrected chi connectivity index (χ3v) is 19.6. The first-order chi connectivity index (χ1) is 46.4. The van der Waals surface area contributed by atoms with Gasteiger partial charge in [0, 0.05) is 25.7 Å². The summed E-state index contributed by atoms with van der Waals surface area (Å²) in [5.74, 6) is -0.579. The van der Waals surface area contributed by atoms with E-state index in [1.165, 1.54) is 180 Å². The van der Waals surface area contributed by atoms with Crippen molar-refractivity contribution in [1.82, 2.24) is 0 Å². The second-order valence-electron chi connectivity index (χ2n) is 27.8. The number of hydrogen-bond donors (Lipinski definition) is 3. The molecule has 6 atom stereocenters. The summed E-state index contributed by atoms with van der Waals surface area (Å²) in [5, 5.41) is 10.6. The first-order valence-corrected chi connectivity index (χ1v) is 42.3. The van der Waals surface area contributed by atoms with Gasteiger partial charge in [-0.3, -0.25) is 37.3 Å². The molecule has 0 aromatic heterocycles. The molecule has 3 unspecified atom stereocenters. The zero-order valence-corrected chi connectivity index (χ0v) is 63.9. The summed E-state index contributed by atoms with van der Waals surface area (Å²) in [6.07, 6.45) is 58.8. The fourth-order valence-corrected chi connectivity index (χ4v) is 12.8. The molecule has 0 aliphatic heterocycles. The van der Waals surface area contributed by atoms with E-state index in [1.54, 1.807) is 0 Å². The lowest BCUT2D eigenvalue weighted by molar-refractivity contribution is -0.161.